The zero-order valence-electron chi connectivity index (χ0n) is 9.22. The highest BCUT2D eigenvalue weighted by molar-refractivity contribution is 9.09. The van der Waals surface area contributed by atoms with Crippen molar-refractivity contribution in [1.29, 1.82) is 0 Å². The lowest BCUT2D eigenvalue weighted by atomic mass is 9.98. The van der Waals surface area contributed by atoms with Crippen LogP contribution in [-0.2, 0) is 0 Å². The van der Waals surface area contributed by atoms with E-state index in [1.165, 1.54) is 10.4 Å². The van der Waals surface area contributed by atoms with E-state index in [0.29, 0.717) is 10.7 Å². The molecule has 4 heteroatoms. The highest BCUT2D eigenvalue weighted by Gasteiger charge is 2.19. The van der Waals surface area contributed by atoms with E-state index in [1.54, 1.807) is 11.3 Å². The molecule has 2 aromatic rings. The highest BCUT2D eigenvalue weighted by Crippen LogP contribution is 2.39. The first kappa shape index (κ1) is 11.7. The number of hydrogen-bond acceptors (Lipinski definition) is 3. The maximum absolute atomic E-state index is 4.29. The summed E-state index contributed by atoms with van der Waals surface area (Å²) in [5, 5.41) is 1.11. The molecular formula is C12H13BrN2S. The molecule has 84 valence electrons. The lowest BCUT2D eigenvalue weighted by Gasteiger charge is -2.16. The number of halogens is 1. The van der Waals surface area contributed by atoms with E-state index in [4.69, 9.17) is 0 Å². The molecule has 2 nitrogen and oxygen atoms in total. The number of alkyl halides is 1. The minimum atomic E-state index is 0.320. The average Bonchev–Trinajstić information content (AvgIpc) is 2.75. The third-order valence-electron chi connectivity index (χ3n) is 2.58. The molecule has 0 aliphatic heterocycles. The maximum atomic E-state index is 4.29. The zero-order valence-corrected chi connectivity index (χ0v) is 11.6. The molecule has 0 radical (unpaired) electrons. The molecule has 0 aromatic carbocycles. The first-order valence-electron chi connectivity index (χ1n) is 5.15. The van der Waals surface area contributed by atoms with Gasteiger partial charge in [-0.2, -0.15) is 0 Å². The molecule has 16 heavy (non-hydrogen) atoms. The van der Waals surface area contributed by atoms with Gasteiger partial charge in [-0.15, -0.1) is 11.3 Å². The van der Waals surface area contributed by atoms with E-state index in [1.807, 2.05) is 25.5 Å². The lowest BCUT2D eigenvalue weighted by molar-refractivity contribution is 0.758. The van der Waals surface area contributed by atoms with Crippen LogP contribution in [0.1, 0.15) is 33.1 Å². The van der Waals surface area contributed by atoms with Gasteiger partial charge < -0.3 is 0 Å². The Labute approximate surface area is 108 Å². The van der Waals surface area contributed by atoms with Gasteiger partial charge in [0.1, 0.15) is 0 Å². The third kappa shape index (κ3) is 2.50. The van der Waals surface area contributed by atoms with Gasteiger partial charge in [-0.3, -0.25) is 4.98 Å². The second-order valence-electron chi connectivity index (χ2n) is 3.75. The molecule has 0 saturated heterocycles. The highest BCUT2D eigenvalue weighted by atomic mass is 79.9. The maximum Gasteiger partial charge on any atom is 0.0897 e. The van der Waals surface area contributed by atoms with Crippen LogP contribution >= 0.6 is 27.3 Å². The van der Waals surface area contributed by atoms with Gasteiger partial charge >= 0.3 is 0 Å². The molecule has 2 aromatic heterocycles. The van der Waals surface area contributed by atoms with Crippen molar-refractivity contribution >= 4 is 27.3 Å². The van der Waals surface area contributed by atoms with Crippen LogP contribution in [0.15, 0.2) is 30.7 Å². The van der Waals surface area contributed by atoms with Gasteiger partial charge in [0.15, 0.2) is 0 Å². The summed E-state index contributed by atoms with van der Waals surface area (Å²) in [6, 6.07) is 4.12. The standard InChI is InChI=1S/C12H13BrN2S/c1-8(10-3-5-14-6-4-10)12(13)11-7-15-9(2)16-11/h3-8,12H,1-2H3. The predicted molar refractivity (Wildman–Crippen MR) is 71.2 cm³/mol. The minimum Gasteiger partial charge on any atom is -0.265 e. The molecule has 2 atom stereocenters. The summed E-state index contributed by atoms with van der Waals surface area (Å²) < 4.78 is 0. The number of thiazole rings is 1. The largest absolute Gasteiger partial charge is 0.265 e. The van der Waals surface area contributed by atoms with Crippen molar-refractivity contribution in [1.82, 2.24) is 9.97 Å². The Bertz CT molecular complexity index is 455. The zero-order chi connectivity index (χ0) is 11.5. The van der Waals surface area contributed by atoms with Gasteiger partial charge in [-0.1, -0.05) is 22.9 Å². The van der Waals surface area contributed by atoms with E-state index in [0.717, 1.165) is 5.01 Å². The molecule has 0 aliphatic rings. The second kappa shape index (κ2) is 5.06. The third-order valence-corrected chi connectivity index (χ3v) is 5.17. The first-order valence-corrected chi connectivity index (χ1v) is 6.88. The van der Waals surface area contributed by atoms with Crippen molar-refractivity contribution in [2.45, 2.75) is 24.6 Å². The van der Waals surface area contributed by atoms with E-state index in [2.05, 4.69) is 45.0 Å². The predicted octanol–water partition coefficient (Wildman–Crippen LogP) is 4.09. The fourth-order valence-corrected chi connectivity index (χ4v) is 3.16. The van der Waals surface area contributed by atoms with Crippen molar-refractivity contribution in [2.24, 2.45) is 0 Å². The average molecular weight is 297 g/mol. The van der Waals surface area contributed by atoms with E-state index >= 15 is 0 Å². The Morgan fingerprint density at radius 3 is 2.56 bits per heavy atom. The summed E-state index contributed by atoms with van der Waals surface area (Å²) in [4.78, 5) is 9.93. The van der Waals surface area contributed by atoms with E-state index < -0.39 is 0 Å². The Balaban J connectivity index is 2.19. The van der Waals surface area contributed by atoms with E-state index in [9.17, 15) is 0 Å². The fraction of sp³-hybridized carbons (Fsp3) is 0.333. The Morgan fingerprint density at radius 2 is 2.00 bits per heavy atom. The second-order valence-corrected chi connectivity index (χ2v) is 6.01. The van der Waals surface area contributed by atoms with Crippen LogP contribution in [0, 0.1) is 6.92 Å². The normalized spacial score (nSPS) is 14.7. The van der Waals surface area contributed by atoms with Crippen molar-refractivity contribution in [3.05, 3.63) is 46.2 Å². The molecule has 0 N–H and O–H groups in total. The number of aryl methyl sites for hydroxylation is 1. The van der Waals surface area contributed by atoms with Crippen LogP contribution in [0.2, 0.25) is 0 Å². The SMILES string of the molecule is Cc1ncc(C(Br)C(C)c2ccncc2)s1. The van der Waals surface area contributed by atoms with Crippen molar-refractivity contribution in [3.8, 4) is 0 Å². The Hall–Kier alpha value is -0.740. The van der Waals surface area contributed by atoms with Gasteiger partial charge in [0.2, 0.25) is 0 Å². The van der Waals surface area contributed by atoms with Gasteiger partial charge in [0, 0.05) is 23.5 Å². The number of pyridine rings is 1. The molecule has 0 aliphatic carbocycles. The molecule has 2 rings (SSSR count). The Kier molecular flexibility index (Phi) is 3.71. The van der Waals surface area contributed by atoms with Gasteiger partial charge in [-0.05, 0) is 30.5 Å². The first-order chi connectivity index (χ1) is 7.68. The molecule has 2 heterocycles. The molecule has 0 amide bonds. The van der Waals surface area contributed by atoms with Crippen molar-refractivity contribution in [3.63, 3.8) is 0 Å². The molecule has 0 fully saturated rings. The summed E-state index contributed by atoms with van der Waals surface area (Å²) in [6.45, 7) is 4.24. The summed E-state index contributed by atoms with van der Waals surface area (Å²) in [6.07, 6.45) is 5.63. The topological polar surface area (TPSA) is 25.8 Å². The van der Waals surface area contributed by atoms with Gasteiger partial charge in [0.25, 0.3) is 0 Å². The van der Waals surface area contributed by atoms with Gasteiger partial charge in [-0.25, -0.2) is 4.98 Å². The van der Waals surface area contributed by atoms with E-state index in [-0.39, 0.29) is 0 Å². The smallest absolute Gasteiger partial charge is 0.0897 e. The number of aromatic nitrogens is 2. The monoisotopic (exact) mass is 296 g/mol. The Morgan fingerprint density at radius 1 is 1.31 bits per heavy atom. The van der Waals surface area contributed by atoms with Crippen LogP contribution in [0.4, 0.5) is 0 Å². The number of hydrogen-bond donors (Lipinski definition) is 0. The summed E-state index contributed by atoms with van der Waals surface area (Å²) in [5.74, 6) is 0.419. The molecule has 2 unspecified atom stereocenters. The lowest BCUT2D eigenvalue weighted by Crippen LogP contribution is -2.00. The molecular weight excluding hydrogens is 284 g/mol. The van der Waals surface area contributed by atoms with Crippen LogP contribution in [-0.4, -0.2) is 9.97 Å². The number of rotatable bonds is 3. The quantitative estimate of drug-likeness (QED) is 0.798. The molecule has 0 spiro atoms. The minimum absolute atomic E-state index is 0.320. The van der Waals surface area contributed by atoms with Crippen molar-refractivity contribution in [2.75, 3.05) is 0 Å². The summed E-state index contributed by atoms with van der Waals surface area (Å²) in [5.41, 5.74) is 1.29. The van der Waals surface area contributed by atoms with Crippen LogP contribution in [0.25, 0.3) is 0 Å². The van der Waals surface area contributed by atoms with Crippen LogP contribution in [0.5, 0.6) is 0 Å². The summed E-state index contributed by atoms with van der Waals surface area (Å²) in [7, 11) is 0. The van der Waals surface area contributed by atoms with Crippen molar-refractivity contribution < 1.29 is 0 Å². The van der Waals surface area contributed by atoms with Crippen LogP contribution < -0.4 is 0 Å². The van der Waals surface area contributed by atoms with Gasteiger partial charge in [0.05, 0.1) is 9.83 Å². The molecule has 0 bridgehead atoms. The molecule has 0 saturated carbocycles. The number of nitrogens with zero attached hydrogens (tertiary/aromatic N) is 2. The summed E-state index contributed by atoms with van der Waals surface area (Å²) >= 11 is 5.50. The van der Waals surface area contributed by atoms with Crippen LogP contribution in [0.3, 0.4) is 0 Å². The fourth-order valence-electron chi connectivity index (χ4n) is 1.59.